The maximum Gasteiger partial charge on any atom is 0.306 e. The molecule has 1 saturated heterocycles. The van der Waals surface area contributed by atoms with Crippen LogP contribution in [0.25, 0.3) is 0 Å². The smallest absolute Gasteiger partial charge is 0.306 e. The number of piperidine rings is 1. The van der Waals surface area contributed by atoms with E-state index in [1.54, 1.807) is 4.90 Å². The Morgan fingerprint density at radius 3 is 2.57 bits per heavy atom. The molecular weight excluding hydrogens is 338 g/mol. The summed E-state index contributed by atoms with van der Waals surface area (Å²) in [5, 5.41) is 8.92. The Morgan fingerprint density at radius 2 is 1.95 bits per heavy atom. The van der Waals surface area contributed by atoms with Gasteiger partial charge in [-0.05, 0) is 24.5 Å². The lowest BCUT2D eigenvalue weighted by Crippen LogP contribution is -2.41. The minimum Gasteiger partial charge on any atom is -0.481 e. The van der Waals surface area contributed by atoms with Crippen LogP contribution in [0, 0.1) is 5.92 Å². The highest BCUT2D eigenvalue weighted by atomic mass is 79.9. The summed E-state index contributed by atoms with van der Waals surface area (Å²) in [5.41, 5.74) is 0.995. The summed E-state index contributed by atoms with van der Waals surface area (Å²) in [6.07, 6.45) is 1.04. The second-order valence-corrected chi connectivity index (χ2v) is 5.93. The summed E-state index contributed by atoms with van der Waals surface area (Å²) >= 11 is 3.43. The highest BCUT2D eigenvalue weighted by molar-refractivity contribution is 9.10. The molecule has 1 aliphatic heterocycles. The molecule has 0 saturated carbocycles. The van der Waals surface area contributed by atoms with Gasteiger partial charge in [0.05, 0.1) is 12.5 Å². The van der Waals surface area contributed by atoms with E-state index in [0.717, 1.165) is 10.0 Å². The van der Waals surface area contributed by atoms with Gasteiger partial charge in [0.1, 0.15) is 6.61 Å². The van der Waals surface area contributed by atoms with Crippen molar-refractivity contribution in [2.45, 2.75) is 19.4 Å². The molecule has 0 spiro atoms. The van der Waals surface area contributed by atoms with Crippen LogP contribution in [0.2, 0.25) is 0 Å². The van der Waals surface area contributed by atoms with Crippen molar-refractivity contribution in [2.24, 2.45) is 5.92 Å². The fourth-order valence-electron chi connectivity index (χ4n) is 2.33. The molecule has 1 aliphatic rings. The maximum absolute atomic E-state index is 12.0. The van der Waals surface area contributed by atoms with Crippen molar-refractivity contribution in [2.75, 3.05) is 19.7 Å². The molecule has 0 bridgehead atoms. The zero-order chi connectivity index (χ0) is 15.2. The Balaban J connectivity index is 1.73. The fraction of sp³-hybridized carbons (Fsp3) is 0.467. The Hall–Kier alpha value is -1.40. The van der Waals surface area contributed by atoms with E-state index in [4.69, 9.17) is 9.84 Å². The van der Waals surface area contributed by atoms with E-state index in [1.807, 2.05) is 24.3 Å². The van der Waals surface area contributed by atoms with Gasteiger partial charge in [0, 0.05) is 17.6 Å². The molecule has 1 aromatic carbocycles. The highest BCUT2D eigenvalue weighted by Crippen LogP contribution is 2.18. The molecule has 2 rings (SSSR count). The number of halogens is 1. The molecule has 0 aromatic heterocycles. The third-order valence-corrected chi connectivity index (χ3v) is 4.41. The molecule has 0 atom stereocenters. The molecule has 1 aromatic rings. The number of hydrogen-bond donors (Lipinski definition) is 1. The van der Waals surface area contributed by atoms with Crippen molar-refractivity contribution in [3.8, 4) is 0 Å². The summed E-state index contributed by atoms with van der Waals surface area (Å²) < 4.78 is 6.41. The molecule has 1 amide bonds. The lowest BCUT2D eigenvalue weighted by atomic mass is 9.97. The van der Waals surface area contributed by atoms with Crippen LogP contribution < -0.4 is 0 Å². The minimum atomic E-state index is -0.771. The number of hydrogen-bond acceptors (Lipinski definition) is 3. The van der Waals surface area contributed by atoms with E-state index in [2.05, 4.69) is 15.9 Å². The number of carbonyl (C=O) groups excluding carboxylic acids is 1. The Bertz CT molecular complexity index is 512. The first-order chi connectivity index (χ1) is 10.1. The van der Waals surface area contributed by atoms with Crippen LogP contribution >= 0.6 is 15.9 Å². The lowest BCUT2D eigenvalue weighted by molar-refractivity contribution is -0.147. The molecule has 1 fully saturated rings. The van der Waals surface area contributed by atoms with Crippen molar-refractivity contribution in [1.82, 2.24) is 4.90 Å². The van der Waals surface area contributed by atoms with Gasteiger partial charge in [-0.2, -0.15) is 0 Å². The van der Waals surface area contributed by atoms with Crippen LogP contribution in [0.1, 0.15) is 18.4 Å². The molecule has 0 radical (unpaired) electrons. The number of likely N-dealkylation sites (tertiary alicyclic amines) is 1. The average molecular weight is 356 g/mol. The molecule has 1 heterocycles. The van der Waals surface area contributed by atoms with E-state index < -0.39 is 5.97 Å². The normalized spacial score (nSPS) is 16.0. The number of rotatable bonds is 5. The van der Waals surface area contributed by atoms with Crippen LogP contribution in [-0.2, 0) is 20.9 Å². The summed E-state index contributed by atoms with van der Waals surface area (Å²) in [7, 11) is 0. The molecule has 0 aliphatic carbocycles. The Labute approximate surface area is 132 Å². The van der Waals surface area contributed by atoms with E-state index >= 15 is 0 Å². The number of aliphatic carboxylic acids is 1. The topological polar surface area (TPSA) is 66.8 Å². The van der Waals surface area contributed by atoms with E-state index in [9.17, 15) is 9.59 Å². The fourth-order valence-corrected chi connectivity index (χ4v) is 2.73. The molecule has 6 heteroatoms. The molecule has 114 valence electrons. The Morgan fingerprint density at radius 1 is 1.29 bits per heavy atom. The van der Waals surface area contributed by atoms with Crippen LogP contribution in [0.15, 0.2) is 28.7 Å². The molecule has 21 heavy (non-hydrogen) atoms. The number of nitrogens with zero attached hydrogens (tertiary/aromatic N) is 1. The van der Waals surface area contributed by atoms with Crippen LogP contribution in [0.3, 0.4) is 0 Å². The molecule has 1 N–H and O–H groups in total. The number of benzene rings is 1. The second-order valence-electron chi connectivity index (χ2n) is 5.08. The largest absolute Gasteiger partial charge is 0.481 e. The van der Waals surface area contributed by atoms with Crippen LogP contribution in [-0.4, -0.2) is 41.6 Å². The summed E-state index contributed by atoms with van der Waals surface area (Å²) in [6, 6.07) is 7.71. The lowest BCUT2D eigenvalue weighted by Gasteiger charge is -2.30. The van der Waals surface area contributed by atoms with E-state index in [0.29, 0.717) is 32.5 Å². The minimum absolute atomic E-state index is 0.0269. The number of carbonyl (C=O) groups is 2. The monoisotopic (exact) mass is 355 g/mol. The van der Waals surface area contributed by atoms with Crippen molar-refractivity contribution >= 4 is 27.8 Å². The van der Waals surface area contributed by atoms with Crippen LogP contribution in [0.4, 0.5) is 0 Å². The standard InChI is InChI=1S/C15H18BrNO4/c16-13-4-2-1-3-12(13)9-21-10-14(18)17-7-5-11(6-8-17)15(19)20/h1-4,11H,5-10H2,(H,19,20). The SMILES string of the molecule is O=C(O)C1CCN(C(=O)COCc2ccccc2Br)CC1. The van der Waals surface area contributed by atoms with Crippen molar-refractivity contribution in [3.63, 3.8) is 0 Å². The molecular formula is C15H18BrNO4. The van der Waals surface area contributed by atoms with Gasteiger partial charge in [0.15, 0.2) is 0 Å². The average Bonchev–Trinajstić information content (AvgIpc) is 2.49. The quantitative estimate of drug-likeness (QED) is 0.879. The highest BCUT2D eigenvalue weighted by Gasteiger charge is 2.26. The van der Waals surface area contributed by atoms with Crippen LogP contribution in [0.5, 0.6) is 0 Å². The van der Waals surface area contributed by atoms with Gasteiger partial charge in [-0.1, -0.05) is 34.1 Å². The second kappa shape index (κ2) is 7.56. The zero-order valence-corrected chi connectivity index (χ0v) is 13.2. The van der Waals surface area contributed by atoms with Gasteiger partial charge < -0.3 is 14.7 Å². The number of amides is 1. The van der Waals surface area contributed by atoms with Crippen molar-refractivity contribution in [3.05, 3.63) is 34.3 Å². The third-order valence-electron chi connectivity index (χ3n) is 3.64. The molecule has 5 nitrogen and oxygen atoms in total. The molecule has 0 unspecified atom stereocenters. The predicted octanol–water partition coefficient (Wildman–Crippen LogP) is 2.29. The maximum atomic E-state index is 12.0. The van der Waals surface area contributed by atoms with Gasteiger partial charge in [-0.25, -0.2) is 0 Å². The van der Waals surface area contributed by atoms with E-state index in [-0.39, 0.29) is 18.4 Å². The first kappa shape index (κ1) is 16.0. The Kier molecular flexibility index (Phi) is 5.76. The third kappa shape index (κ3) is 4.54. The summed E-state index contributed by atoms with van der Waals surface area (Å²) in [6.45, 7) is 1.39. The van der Waals surface area contributed by atoms with Gasteiger partial charge >= 0.3 is 5.97 Å². The van der Waals surface area contributed by atoms with Crippen molar-refractivity contribution in [1.29, 1.82) is 0 Å². The predicted molar refractivity (Wildman–Crippen MR) is 80.7 cm³/mol. The zero-order valence-electron chi connectivity index (χ0n) is 11.6. The number of carboxylic acid groups (broad SMARTS) is 1. The van der Waals surface area contributed by atoms with E-state index in [1.165, 1.54) is 0 Å². The summed E-state index contributed by atoms with van der Waals surface area (Å²) in [5.74, 6) is -1.17. The first-order valence-electron chi connectivity index (χ1n) is 6.89. The van der Waals surface area contributed by atoms with Crippen molar-refractivity contribution < 1.29 is 19.4 Å². The van der Waals surface area contributed by atoms with Gasteiger partial charge in [-0.3, -0.25) is 9.59 Å². The number of ether oxygens (including phenoxy) is 1. The van der Waals surface area contributed by atoms with Gasteiger partial charge in [0.25, 0.3) is 0 Å². The first-order valence-corrected chi connectivity index (χ1v) is 7.69. The summed E-state index contributed by atoms with van der Waals surface area (Å²) in [4.78, 5) is 24.5. The number of carboxylic acids is 1. The van der Waals surface area contributed by atoms with Gasteiger partial charge in [-0.15, -0.1) is 0 Å². The van der Waals surface area contributed by atoms with Gasteiger partial charge in [0.2, 0.25) is 5.91 Å².